The van der Waals surface area contributed by atoms with Gasteiger partial charge in [-0.15, -0.1) is 0 Å². The van der Waals surface area contributed by atoms with Crippen LogP contribution in [-0.4, -0.2) is 78.3 Å². The second-order valence-corrected chi connectivity index (χ2v) is 7.62. The molecule has 1 aromatic carbocycles. The number of nitrogens with one attached hydrogen (secondary N) is 1. The van der Waals surface area contributed by atoms with E-state index in [1.165, 1.54) is 0 Å². The van der Waals surface area contributed by atoms with Crippen molar-refractivity contribution in [3.05, 3.63) is 36.0 Å². The number of carbonyl (C=O) groups is 1. The van der Waals surface area contributed by atoms with Crippen molar-refractivity contribution < 1.29 is 14.3 Å². The minimum Gasteiger partial charge on any atom is -0.377 e. The lowest BCUT2D eigenvalue weighted by Gasteiger charge is -2.44. The quantitative estimate of drug-likeness (QED) is 0.894. The average Bonchev–Trinajstić information content (AvgIpc) is 2.97. The van der Waals surface area contributed by atoms with E-state index >= 15 is 0 Å². The zero-order valence-corrected chi connectivity index (χ0v) is 15.5. The summed E-state index contributed by atoms with van der Waals surface area (Å²) in [6.45, 7) is 9.04. The van der Waals surface area contributed by atoms with E-state index in [1.54, 1.807) is 0 Å². The van der Waals surface area contributed by atoms with Crippen LogP contribution < -0.4 is 0 Å². The van der Waals surface area contributed by atoms with Crippen LogP contribution in [0.2, 0.25) is 0 Å². The van der Waals surface area contributed by atoms with Gasteiger partial charge in [-0.05, 0) is 19.9 Å². The van der Waals surface area contributed by atoms with Gasteiger partial charge in [0.15, 0.2) is 0 Å². The topological polar surface area (TPSA) is 57.8 Å². The predicted molar refractivity (Wildman–Crippen MR) is 100 cm³/mol. The third-order valence-electron chi connectivity index (χ3n) is 5.46. The Labute approximate surface area is 154 Å². The van der Waals surface area contributed by atoms with Gasteiger partial charge in [-0.25, -0.2) is 0 Å². The number of benzene rings is 1. The Morgan fingerprint density at radius 3 is 2.88 bits per heavy atom. The summed E-state index contributed by atoms with van der Waals surface area (Å²) in [4.78, 5) is 20.7. The van der Waals surface area contributed by atoms with Crippen molar-refractivity contribution in [2.75, 3.05) is 46.0 Å². The van der Waals surface area contributed by atoms with E-state index in [2.05, 4.69) is 23.7 Å². The summed E-state index contributed by atoms with van der Waals surface area (Å²) in [5.41, 5.74) is 1.27. The van der Waals surface area contributed by atoms with Crippen molar-refractivity contribution in [2.24, 2.45) is 0 Å². The molecule has 1 unspecified atom stereocenters. The second kappa shape index (κ2) is 7.02. The van der Waals surface area contributed by atoms with Crippen LogP contribution in [0.4, 0.5) is 0 Å². The molecule has 1 amide bonds. The summed E-state index contributed by atoms with van der Waals surface area (Å²) in [6.07, 6.45) is 1.82. The number of hydrogen-bond donors (Lipinski definition) is 1. The monoisotopic (exact) mass is 357 g/mol. The molecule has 1 spiro atoms. The number of para-hydroxylation sites is 1. The van der Waals surface area contributed by atoms with E-state index in [4.69, 9.17) is 9.47 Å². The first-order chi connectivity index (χ1) is 12.6. The lowest BCUT2D eigenvalue weighted by Crippen LogP contribution is -2.60. The third kappa shape index (κ3) is 3.24. The number of hydrogen-bond acceptors (Lipinski definition) is 4. The number of H-pyrrole nitrogens is 1. The highest BCUT2D eigenvalue weighted by molar-refractivity contribution is 6.06. The number of aromatic amines is 1. The molecule has 2 fully saturated rings. The molecule has 0 bridgehead atoms. The Balaban J connectivity index is 1.57. The van der Waals surface area contributed by atoms with Gasteiger partial charge >= 0.3 is 0 Å². The predicted octanol–water partition coefficient (Wildman–Crippen LogP) is 2.12. The maximum Gasteiger partial charge on any atom is 0.256 e. The highest BCUT2D eigenvalue weighted by Gasteiger charge is 2.42. The first-order valence-electron chi connectivity index (χ1n) is 9.39. The van der Waals surface area contributed by atoms with Crippen LogP contribution in [0.25, 0.3) is 10.9 Å². The number of carbonyl (C=O) groups excluding carboxylic acids is 1. The maximum atomic E-state index is 13.2. The molecule has 0 aliphatic carbocycles. The van der Waals surface area contributed by atoms with Crippen molar-refractivity contribution in [3.8, 4) is 0 Å². The van der Waals surface area contributed by atoms with Crippen LogP contribution in [0.15, 0.2) is 30.5 Å². The van der Waals surface area contributed by atoms with E-state index in [-0.39, 0.29) is 5.91 Å². The Morgan fingerprint density at radius 1 is 1.19 bits per heavy atom. The zero-order chi connectivity index (χ0) is 18.1. The van der Waals surface area contributed by atoms with Gasteiger partial charge in [0.25, 0.3) is 5.91 Å². The van der Waals surface area contributed by atoms with Gasteiger partial charge in [0.05, 0.1) is 31.9 Å². The molecule has 0 saturated carbocycles. The number of rotatable bonds is 2. The highest BCUT2D eigenvalue weighted by Crippen LogP contribution is 2.26. The van der Waals surface area contributed by atoms with Gasteiger partial charge in [0, 0.05) is 42.8 Å². The number of nitrogens with zero attached hydrogens (tertiary/aromatic N) is 2. The number of fused-ring (bicyclic) bond motifs is 1. The summed E-state index contributed by atoms with van der Waals surface area (Å²) in [5.74, 6) is 0.0606. The summed E-state index contributed by atoms with van der Waals surface area (Å²) in [6, 6.07) is 8.35. The van der Waals surface area contributed by atoms with Crippen molar-refractivity contribution in [2.45, 2.75) is 25.5 Å². The van der Waals surface area contributed by atoms with Crippen molar-refractivity contribution in [3.63, 3.8) is 0 Å². The molecule has 1 N–H and O–H groups in total. The molecule has 2 aliphatic heterocycles. The Morgan fingerprint density at radius 2 is 2.04 bits per heavy atom. The standard InChI is InChI=1S/C20H27N3O3/c1-15(2)22-7-9-25-14-20(12-22)13-23(8-10-26-20)19(24)17-11-21-18-6-4-3-5-16(17)18/h3-6,11,15,21H,7-10,12-14H2,1-2H3. The third-order valence-corrected chi connectivity index (χ3v) is 5.46. The van der Waals surface area contributed by atoms with Crippen LogP contribution in [0, 0.1) is 0 Å². The molecule has 0 radical (unpaired) electrons. The Kier molecular flexibility index (Phi) is 4.73. The van der Waals surface area contributed by atoms with E-state index in [0.29, 0.717) is 39.0 Å². The molecular formula is C20H27N3O3. The summed E-state index contributed by atoms with van der Waals surface area (Å²) in [7, 11) is 0. The SMILES string of the molecule is CC(C)N1CCOCC2(CN(C(=O)c3c[nH]c4ccccc34)CCO2)C1. The molecule has 3 heterocycles. The molecule has 140 valence electrons. The molecule has 2 saturated heterocycles. The highest BCUT2D eigenvalue weighted by atomic mass is 16.5. The van der Waals surface area contributed by atoms with Crippen molar-refractivity contribution in [1.29, 1.82) is 0 Å². The van der Waals surface area contributed by atoms with E-state index < -0.39 is 5.60 Å². The first kappa shape index (κ1) is 17.5. The van der Waals surface area contributed by atoms with Gasteiger partial charge in [0.1, 0.15) is 5.60 Å². The smallest absolute Gasteiger partial charge is 0.256 e. The van der Waals surface area contributed by atoms with Crippen LogP contribution in [0.1, 0.15) is 24.2 Å². The van der Waals surface area contributed by atoms with E-state index in [0.717, 1.165) is 29.6 Å². The Bertz CT molecular complexity index is 787. The largest absolute Gasteiger partial charge is 0.377 e. The van der Waals surface area contributed by atoms with Gasteiger partial charge in [0.2, 0.25) is 0 Å². The van der Waals surface area contributed by atoms with Gasteiger partial charge in [-0.3, -0.25) is 9.69 Å². The van der Waals surface area contributed by atoms with Crippen LogP contribution in [-0.2, 0) is 9.47 Å². The fourth-order valence-corrected chi connectivity index (χ4v) is 4.00. The van der Waals surface area contributed by atoms with E-state index in [1.807, 2.05) is 35.4 Å². The van der Waals surface area contributed by atoms with Crippen LogP contribution >= 0.6 is 0 Å². The summed E-state index contributed by atoms with van der Waals surface area (Å²) >= 11 is 0. The minimum absolute atomic E-state index is 0.0606. The normalized spacial score (nSPS) is 25.1. The molecular weight excluding hydrogens is 330 g/mol. The van der Waals surface area contributed by atoms with Crippen LogP contribution in [0.5, 0.6) is 0 Å². The minimum atomic E-state index is -0.444. The summed E-state index contributed by atoms with van der Waals surface area (Å²) in [5, 5.41) is 0.971. The number of amides is 1. The fourth-order valence-electron chi connectivity index (χ4n) is 4.00. The second-order valence-electron chi connectivity index (χ2n) is 7.62. The van der Waals surface area contributed by atoms with Gasteiger partial charge in [-0.1, -0.05) is 18.2 Å². The van der Waals surface area contributed by atoms with Gasteiger partial charge in [-0.2, -0.15) is 0 Å². The molecule has 2 aliphatic rings. The molecule has 1 atom stereocenters. The fraction of sp³-hybridized carbons (Fsp3) is 0.550. The molecule has 1 aromatic heterocycles. The molecule has 6 nitrogen and oxygen atoms in total. The first-order valence-corrected chi connectivity index (χ1v) is 9.39. The van der Waals surface area contributed by atoms with Crippen molar-refractivity contribution in [1.82, 2.24) is 14.8 Å². The molecule has 6 heteroatoms. The van der Waals surface area contributed by atoms with Crippen molar-refractivity contribution >= 4 is 16.8 Å². The van der Waals surface area contributed by atoms with Gasteiger partial charge < -0.3 is 19.4 Å². The number of ether oxygens (including phenoxy) is 2. The average molecular weight is 357 g/mol. The maximum absolute atomic E-state index is 13.2. The zero-order valence-electron chi connectivity index (χ0n) is 15.5. The summed E-state index contributed by atoms with van der Waals surface area (Å²) < 4.78 is 12.0. The lowest BCUT2D eigenvalue weighted by atomic mass is 10.00. The Hall–Kier alpha value is -1.89. The lowest BCUT2D eigenvalue weighted by molar-refractivity contribution is -0.134. The number of aromatic nitrogens is 1. The molecule has 26 heavy (non-hydrogen) atoms. The van der Waals surface area contributed by atoms with E-state index in [9.17, 15) is 4.79 Å². The molecule has 4 rings (SSSR count). The molecule has 2 aromatic rings. The van der Waals surface area contributed by atoms with Crippen LogP contribution in [0.3, 0.4) is 0 Å². The number of morpholine rings is 1.